The molecular formula is C12H10N2S. The zero-order valence-electron chi connectivity index (χ0n) is 8.10. The molecule has 2 nitrogen and oxygen atoms in total. The highest BCUT2D eigenvalue weighted by Crippen LogP contribution is 2.20. The standard InChI is InChI=1S/C12H10N2S/c15-12-11-6-3-7-14(11)10-5-2-1-4-9(10)8-13-12/h1-7H,8H2,(H,13,15). The van der Waals surface area contributed by atoms with Gasteiger partial charge in [0.05, 0.1) is 11.4 Å². The third kappa shape index (κ3) is 1.27. The molecule has 1 aromatic carbocycles. The number of fused-ring (bicyclic) bond motifs is 3. The molecule has 2 aromatic rings. The van der Waals surface area contributed by atoms with Gasteiger partial charge in [-0.3, -0.25) is 0 Å². The first kappa shape index (κ1) is 8.68. The Labute approximate surface area is 93.5 Å². The molecule has 15 heavy (non-hydrogen) atoms. The van der Waals surface area contributed by atoms with Gasteiger partial charge in [-0.1, -0.05) is 30.4 Å². The third-order valence-corrected chi connectivity index (χ3v) is 3.03. The molecule has 0 bridgehead atoms. The zero-order valence-corrected chi connectivity index (χ0v) is 8.92. The minimum Gasteiger partial charge on any atom is -0.370 e. The van der Waals surface area contributed by atoms with E-state index in [0.717, 1.165) is 17.2 Å². The van der Waals surface area contributed by atoms with Crippen molar-refractivity contribution in [3.8, 4) is 5.69 Å². The molecule has 0 spiro atoms. The number of hydrogen-bond donors (Lipinski definition) is 1. The number of thiocarbonyl (C=S) groups is 1. The first-order valence-electron chi connectivity index (χ1n) is 4.90. The van der Waals surface area contributed by atoms with Crippen LogP contribution in [0, 0.1) is 0 Å². The molecule has 0 radical (unpaired) electrons. The molecule has 2 heterocycles. The van der Waals surface area contributed by atoms with E-state index in [0.29, 0.717) is 0 Å². The van der Waals surface area contributed by atoms with Crippen LogP contribution in [0.3, 0.4) is 0 Å². The van der Waals surface area contributed by atoms with Crippen molar-refractivity contribution in [2.24, 2.45) is 0 Å². The molecule has 1 aliphatic heterocycles. The number of aromatic nitrogens is 1. The average molecular weight is 214 g/mol. The number of hydrogen-bond acceptors (Lipinski definition) is 1. The van der Waals surface area contributed by atoms with Gasteiger partial charge in [-0.25, -0.2) is 0 Å². The summed E-state index contributed by atoms with van der Waals surface area (Å²) < 4.78 is 2.14. The van der Waals surface area contributed by atoms with Gasteiger partial charge in [0.2, 0.25) is 0 Å². The van der Waals surface area contributed by atoms with Gasteiger partial charge in [-0.2, -0.15) is 0 Å². The first-order valence-corrected chi connectivity index (χ1v) is 5.31. The molecule has 0 amide bonds. The fraction of sp³-hybridized carbons (Fsp3) is 0.0833. The van der Waals surface area contributed by atoms with Crippen LogP contribution in [0.5, 0.6) is 0 Å². The minimum absolute atomic E-state index is 0.802. The monoisotopic (exact) mass is 214 g/mol. The smallest absolute Gasteiger partial charge is 0.123 e. The molecule has 1 aliphatic rings. The minimum atomic E-state index is 0.802. The molecule has 3 rings (SSSR count). The van der Waals surface area contributed by atoms with E-state index in [9.17, 15) is 0 Å². The summed E-state index contributed by atoms with van der Waals surface area (Å²) in [5.41, 5.74) is 3.55. The van der Waals surface area contributed by atoms with Crippen LogP contribution in [-0.2, 0) is 6.54 Å². The van der Waals surface area contributed by atoms with Crippen molar-refractivity contribution in [3.63, 3.8) is 0 Å². The summed E-state index contributed by atoms with van der Waals surface area (Å²) in [6.45, 7) is 0.802. The van der Waals surface area contributed by atoms with Gasteiger partial charge in [0.25, 0.3) is 0 Å². The Morgan fingerprint density at radius 3 is 2.93 bits per heavy atom. The molecule has 74 valence electrons. The van der Waals surface area contributed by atoms with Crippen molar-refractivity contribution >= 4 is 17.2 Å². The quantitative estimate of drug-likeness (QED) is 0.677. The first-order chi connectivity index (χ1) is 7.36. The lowest BCUT2D eigenvalue weighted by atomic mass is 10.2. The molecule has 0 aliphatic carbocycles. The van der Waals surface area contributed by atoms with Crippen molar-refractivity contribution in [2.75, 3.05) is 0 Å². The number of nitrogens with one attached hydrogen (secondary N) is 1. The van der Waals surface area contributed by atoms with E-state index in [4.69, 9.17) is 12.2 Å². The van der Waals surface area contributed by atoms with Gasteiger partial charge in [0, 0.05) is 12.7 Å². The van der Waals surface area contributed by atoms with E-state index in [-0.39, 0.29) is 0 Å². The Hall–Kier alpha value is -1.61. The van der Waals surface area contributed by atoms with Gasteiger partial charge in [-0.15, -0.1) is 0 Å². The van der Waals surface area contributed by atoms with Gasteiger partial charge in [0.1, 0.15) is 4.99 Å². The average Bonchev–Trinajstić information content (AvgIpc) is 2.71. The summed E-state index contributed by atoms with van der Waals surface area (Å²) in [6.07, 6.45) is 2.05. The van der Waals surface area contributed by atoms with E-state index in [1.165, 1.54) is 11.3 Å². The predicted octanol–water partition coefficient (Wildman–Crippen LogP) is 2.26. The predicted molar refractivity (Wildman–Crippen MR) is 64.3 cm³/mol. The second-order valence-corrected chi connectivity index (χ2v) is 3.98. The largest absolute Gasteiger partial charge is 0.370 e. The van der Waals surface area contributed by atoms with E-state index in [2.05, 4.69) is 34.1 Å². The third-order valence-electron chi connectivity index (χ3n) is 2.67. The fourth-order valence-corrected chi connectivity index (χ4v) is 2.18. The van der Waals surface area contributed by atoms with Crippen molar-refractivity contribution < 1.29 is 0 Å². The maximum absolute atomic E-state index is 5.32. The van der Waals surface area contributed by atoms with Crippen LogP contribution in [0.2, 0.25) is 0 Å². The lowest BCUT2D eigenvalue weighted by Crippen LogP contribution is -2.20. The van der Waals surface area contributed by atoms with Crippen LogP contribution in [0.4, 0.5) is 0 Å². The molecule has 0 atom stereocenters. The van der Waals surface area contributed by atoms with Gasteiger partial charge in [0.15, 0.2) is 0 Å². The second kappa shape index (κ2) is 3.21. The fourth-order valence-electron chi connectivity index (χ4n) is 1.94. The van der Waals surface area contributed by atoms with Crippen LogP contribution in [-0.4, -0.2) is 9.56 Å². The highest BCUT2D eigenvalue weighted by molar-refractivity contribution is 7.80. The topological polar surface area (TPSA) is 17.0 Å². The van der Waals surface area contributed by atoms with E-state index < -0.39 is 0 Å². The van der Waals surface area contributed by atoms with E-state index in [1.54, 1.807) is 0 Å². The molecule has 3 heteroatoms. The Balaban J connectivity index is 2.31. The summed E-state index contributed by atoms with van der Waals surface area (Å²) >= 11 is 5.32. The van der Waals surface area contributed by atoms with E-state index in [1.807, 2.05) is 18.3 Å². The zero-order chi connectivity index (χ0) is 10.3. The molecule has 1 aromatic heterocycles. The van der Waals surface area contributed by atoms with Crippen LogP contribution < -0.4 is 5.32 Å². The summed E-state index contributed by atoms with van der Waals surface area (Å²) in [4.78, 5) is 0.816. The number of benzene rings is 1. The van der Waals surface area contributed by atoms with Crippen molar-refractivity contribution in [1.82, 2.24) is 9.88 Å². The van der Waals surface area contributed by atoms with E-state index >= 15 is 0 Å². The summed E-state index contributed by atoms with van der Waals surface area (Å²) in [5.74, 6) is 0. The number of rotatable bonds is 0. The highest BCUT2D eigenvalue weighted by Gasteiger charge is 2.14. The van der Waals surface area contributed by atoms with Crippen LogP contribution in [0.1, 0.15) is 11.3 Å². The summed E-state index contributed by atoms with van der Waals surface area (Å²) in [5, 5.41) is 3.25. The number of para-hydroxylation sites is 1. The molecular weight excluding hydrogens is 204 g/mol. The molecule has 0 unspecified atom stereocenters. The van der Waals surface area contributed by atoms with Gasteiger partial charge >= 0.3 is 0 Å². The van der Waals surface area contributed by atoms with Crippen LogP contribution in [0.15, 0.2) is 42.6 Å². The van der Waals surface area contributed by atoms with Crippen LogP contribution >= 0.6 is 12.2 Å². The molecule has 0 saturated heterocycles. The van der Waals surface area contributed by atoms with Crippen molar-refractivity contribution in [1.29, 1.82) is 0 Å². The molecule has 0 saturated carbocycles. The SMILES string of the molecule is S=C1NCc2ccccc2-n2cccc21. The Morgan fingerprint density at radius 1 is 1.13 bits per heavy atom. The summed E-state index contributed by atoms with van der Waals surface area (Å²) in [7, 11) is 0. The normalized spacial score (nSPS) is 13.7. The van der Waals surface area contributed by atoms with Gasteiger partial charge < -0.3 is 9.88 Å². The second-order valence-electron chi connectivity index (χ2n) is 3.57. The highest BCUT2D eigenvalue weighted by atomic mass is 32.1. The Kier molecular flexibility index (Phi) is 1.86. The molecule has 1 N–H and O–H groups in total. The van der Waals surface area contributed by atoms with Crippen molar-refractivity contribution in [3.05, 3.63) is 53.9 Å². The van der Waals surface area contributed by atoms with Crippen molar-refractivity contribution in [2.45, 2.75) is 6.54 Å². The van der Waals surface area contributed by atoms with Crippen LogP contribution in [0.25, 0.3) is 5.69 Å². The Bertz CT molecular complexity index is 528. The Morgan fingerprint density at radius 2 is 2.00 bits per heavy atom. The maximum atomic E-state index is 5.32. The lowest BCUT2D eigenvalue weighted by molar-refractivity contribution is 0.933. The molecule has 0 fully saturated rings. The van der Waals surface area contributed by atoms with Gasteiger partial charge in [-0.05, 0) is 23.8 Å². The number of nitrogens with zero attached hydrogens (tertiary/aromatic N) is 1. The lowest BCUT2D eigenvalue weighted by Gasteiger charge is -2.07. The summed E-state index contributed by atoms with van der Waals surface area (Å²) in [6, 6.07) is 12.4. The maximum Gasteiger partial charge on any atom is 0.123 e.